The van der Waals surface area contributed by atoms with Crippen molar-refractivity contribution in [2.75, 3.05) is 32.5 Å². The molecule has 2 amide bonds. The minimum atomic E-state index is -0.515. The van der Waals surface area contributed by atoms with Gasteiger partial charge in [0.15, 0.2) is 0 Å². The first kappa shape index (κ1) is 28.1. The number of amides is 2. The monoisotopic (exact) mass is 573 g/mol. The number of piperidine rings is 1. The summed E-state index contributed by atoms with van der Waals surface area (Å²) in [4.78, 5) is 55.7. The zero-order valence-electron chi connectivity index (χ0n) is 25.0. The lowest BCUT2D eigenvalue weighted by atomic mass is 10.0. The Balaban J connectivity index is 1.14. The van der Waals surface area contributed by atoms with E-state index in [-0.39, 0.29) is 29.2 Å². The highest BCUT2D eigenvalue weighted by Crippen LogP contribution is 2.60. The van der Waals surface area contributed by atoms with Gasteiger partial charge in [-0.1, -0.05) is 12.8 Å². The Bertz CT molecular complexity index is 1540. The van der Waals surface area contributed by atoms with Gasteiger partial charge >= 0.3 is 5.97 Å². The van der Waals surface area contributed by atoms with Crippen LogP contribution in [0.2, 0.25) is 0 Å². The summed E-state index contributed by atoms with van der Waals surface area (Å²) in [6, 6.07) is 5.59. The third kappa shape index (κ3) is 5.44. The second-order valence-electron chi connectivity index (χ2n) is 13.3. The standard InChI is InChI=1S/C31H39N7O4/c1-30(2,3)42-25(39)14-31-13-21(31)17-37(18-31)27(40)19-10-11-24(32-15-19)34-29-33-16-20-12-23(28(41)36(4)5)38(26(20)35-29)22-8-6-7-9-22/h10-12,15-16,21-22H,6-9,13-14,17-18H2,1-5H3,(H,32,33,34,35). The van der Waals surface area contributed by atoms with Crippen molar-refractivity contribution >= 4 is 40.6 Å². The van der Waals surface area contributed by atoms with Gasteiger partial charge in [0.05, 0.1) is 12.0 Å². The number of hydrogen-bond acceptors (Lipinski definition) is 8. The summed E-state index contributed by atoms with van der Waals surface area (Å²) in [6.07, 6.45) is 8.88. The molecule has 0 radical (unpaired) electrons. The fourth-order valence-corrected chi connectivity index (χ4v) is 6.57. The lowest BCUT2D eigenvalue weighted by molar-refractivity contribution is -0.156. The molecule has 2 atom stereocenters. The van der Waals surface area contributed by atoms with Gasteiger partial charge in [0.1, 0.15) is 22.8 Å². The third-order valence-electron chi connectivity index (χ3n) is 8.65. The fraction of sp³-hybridized carbons (Fsp3) is 0.548. The number of esters is 1. The minimum Gasteiger partial charge on any atom is -0.460 e. The van der Waals surface area contributed by atoms with Gasteiger partial charge in [-0.05, 0) is 64.2 Å². The molecule has 2 unspecified atom stereocenters. The average Bonchev–Trinajstić information content (AvgIpc) is 3.34. The molecule has 3 fully saturated rings. The first-order valence-electron chi connectivity index (χ1n) is 14.8. The number of likely N-dealkylation sites (tertiary alicyclic amines) is 1. The Morgan fingerprint density at radius 1 is 1.12 bits per heavy atom. The largest absolute Gasteiger partial charge is 0.460 e. The van der Waals surface area contributed by atoms with Crippen LogP contribution in [0.25, 0.3) is 11.0 Å². The fourth-order valence-electron chi connectivity index (χ4n) is 6.57. The quantitative estimate of drug-likeness (QED) is 0.408. The minimum absolute atomic E-state index is 0.0533. The number of carbonyl (C=O) groups excluding carboxylic acids is 3. The summed E-state index contributed by atoms with van der Waals surface area (Å²) in [5, 5.41) is 3.97. The number of nitrogens with one attached hydrogen (secondary N) is 1. The second-order valence-corrected chi connectivity index (χ2v) is 13.3. The Labute approximate surface area is 245 Å². The lowest BCUT2D eigenvalue weighted by Gasteiger charge is -2.23. The van der Waals surface area contributed by atoms with Crippen molar-refractivity contribution < 1.29 is 19.1 Å². The molecule has 3 aliphatic rings. The summed E-state index contributed by atoms with van der Waals surface area (Å²) < 4.78 is 7.60. The number of carbonyl (C=O) groups is 3. The van der Waals surface area contributed by atoms with E-state index in [0.717, 1.165) is 43.1 Å². The molecular formula is C31H39N7O4. The molecule has 2 saturated carbocycles. The maximum absolute atomic E-state index is 13.2. The maximum atomic E-state index is 13.2. The maximum Gasteiger partial charge on any atom is 0.306 e. The van der Waals surface area contributed by atoms with Crippen LogP contribution in [-0.2, 0) is 9.53 Å². The first-order valence-corrected chi connectivity index (χ1v) is 14.8. The lowest BCUT2D eigenvalue weighted by Crippen LogP contribution is -2.33. The molecule has 222 valence electrons. The number of pyridine rings is 1. The molecule has 2 aliphatic carbocycles. The topological polar surface area (TPSA) is 123 Å². The van der Waals surface area contributed by atoms with Crippen molar-refractivity contribution in [2.24, 2.45) is 11.3 Å². The number of anilines is 2. The molecule has 0 bridgehead atoms. The highest BCUT2D eigenvalue weighted by molar-refractivity contribution is 5.98. The number of hydrogen-bond donors (Lipinski definition) is 1. The van der Waals surface area contributed by atoms with Crippen molar-refractivity contribution in [3.63, 3.8) is 0 Å². The van der Waals surface area contributed by atoms with Gasteiger partial charge in [-0.3, -0.25) is 14.4 Å². The summed E-state index contributed by atoms with van der Waals surface area (Å²) in [6.45, 7) is 6.81. The zero-order valence-corrected chi connectivity index (χ0v) is 25.0. The van der Waals surface area contributed by atoms with Gasteiger partial charge in [0, 0.05) is 56.4 Å². The van der Waals surface area contributed by atoms with Crippen LogP contribution in [0.15, 0.2) is 30.6 Å². The van der Waals surface area contributed by atoms with E-state index in [1.54, 1.807) is 43.5 Å². The predicted octanol–water partition coefficient (Wildman–Crippen LogP) is 4.58. The van der Waals surface area contributed by atoms with Gasteiger partial charge in [0.2, 0.25) is 5.95 Å². The summed E-state index contributed by atoms with van der Waals surface area (Å²) in [5.74, 6) is 0.885. The molecule has 3 aromatic rings. The van der Waals surface area contributed by atoms with E-state index >= 15 is 0 Å². The van der Waals surface area contributed by atoms with Crippen molar-refractivity contribution in [1.82, 2.24) is 29.3 Å². The molecule has 11 heteroatoms. The summed E-state index contributed by atoms with van der Waals surface area (Å²) >= 11 is 0. The van der Waals surface area contributed by atoms with Crippen LogP contribution in [0.5, 0.6) is 0 Å². The summed E-state index contributed by atoms with van der Waals surface area (Å²) in [5.41, 5.74) is 1.17. The van der Waals surface area contributed by atoms with Crippen molar-refractivity contribution in [3.05, 3.63) is 41.9 Å². The van der Waals surface area contributed by atoms with Crippen LogP contribution in [-0.4, -0.2) is 79.9 Å². The number of rotatable bonds is 7. The van der Waals surface area contributed by atoms with Gasteiger partial charge in [-0.25, -0.2) is 9.97 Å². The molecule has 6 rings (SSSR count). The Kier molecular flexibility index (Phi) is 6.93. The molecule has 11 nitrogen and oxygen atoms in total. The van der Waals surface area contributed by atoms with Gasteiger partial charge in [0.25, 0.3) is 11.8 Å². The highest BCUT2D eigenvalue weighted by Gasteiger charge is 2.61. The zero-order chi connectivity index (χ0) is 29.8. The number of nitrogens with zero attached hydrogens (tertiary/aromatic N) is 6. The van der Waals surface area contributed by atoms with Crippen LogP contribution in [0.3, 0.4) is 0 Å². The van der Waals surface area contributed by atoms with Crippen LogP contribution in [0.4, 0.5) is 11.8 Å². The molecule has 1 aliphatic heterocycles. The third-order valence-corrected chi connectivity index (χ3v) is 8.65. The van der Waals surface area contributed by atoms with Gasteiger partial charge in [-0.2, -0.15) is 4.98 Å². The molecule has 3 aromatic heterocycles. The van der Waals surface area contributed by atoms with E-state index in [1.807, 2.05) is 31.7 Å². The number of aromatic nitrogens is 4. The number of ether oxygens (including phenoxy) is 1. The summed E-state index contributed by atoms with van der Waals surface area (Å²) in [7, 11) is 3.51. The number of fused-ring (bicyclic) bond motifs is 2. The predicted molar refractivity (Wildman–Crippen MR) is 157 cm³/mol. The molecule has 0 aromatic carbocycles. The molecule has 42 heavy (non-hydrogen) atoms. The highest BCUT2D eigenvalue weighted by atomic mass is 16.6. The Hall–Kier alpha value is -4.02. The molecule has 1 saturated heterocycles. The first-order chi connectivity index (χ1) is 19.9. The SMILES string of the molecule is CN(C)C(=O)c1cc2cnc(Nc3ccc(C(=O)N4CC5CC5(CC(=O)OC(C)(C)C)C4)cn3)nc2n1C1CCCC1. The van der Waals surface area contributed by atoms with Crippen molar-refractivity contribution in [1.29, 1.82) is 0 Å². The van der Waals surface area contributed by atoms with E-state index in [1.165, 1.54) is 0 Å². The van der Waals surface area contributed by atoms with E-state index in [2.05, 4.69) is 19.9 Å². The average molecular weight is 574 g/mol. The van der Waals surface area contributed by atoms with Crippen LogP contribution in [0.1, 0.15) is 86.2 Å². The molecular weight excluding hydrogens is 534 g/mol. The van der Waals surface area contributed by atoms with Gasteiger partial charge in [-0.15, -0.1) is 0 Å². The van der Waals surface area contributed by atoms with Crippen LogP contribution in [0, 0.1) is 11.3 Å². The Morgan fingerprint density at radius 3 is 2.55 bits per heavy atom. The molecule has 4 heterocycles. The van der Waals surface area contributed by atoms with Crippen LogP contribution >= 0.6 is 0 Å². The Morgan fingerprint density at radius 2 is 1.88 bits per heavy atom. The van der Waals surface area contributed by atoms with Crippen molar-refractivity contribution in [3.8, 4) is 0 Å². The van der Waals surface area contributed by atoms with E-state index in [4.69, 9.17) is 9.72 Å². The normalized spacial score (nSPS) is 21.8. The van der Waals surface area contributed by atoms with Crippen LogP contribution < -0.4 is 5.32 Å². The van der Waals surface area contributed by atoms with E-state index in [0.29, 0.717) is 48.5 Å². The smallest absolute Gasteiger partial charge is 0.306 e. The van der Waals surface area contributed by atoms with E-state index < -0.39 is 5.60 Å². The van der Waals surface area contributed by atoms with Crippen molar-refractivity contribution in [2.45, 2.75) is 70.9 Å². The second kappa shape index (κ2) is 10.4. The molecule has 1 N–H and O–H groups in total. The molecule has 0 spiro atoms. The van der Waals surface area contributed by atoms with Gasteiger partial charge < -0.3 is 24.4 Å². The van der Waals surface area contributed by atoms with E-state index in [9.17, 15) is 14.4 Å².